The molecule has 0 radical (unpaired) electrons. The van der Waals surface area contributed by atoms with Crippen LogP contribution in [0.5, 0.6) is 0 Å². The molecule has 0 spiro atoms. The van der Waals surface area contributed by atoms with Gasteiger partial charge in [0.05, 0.1) is 17.1 Å². The number of guanidine groups is 1. The summed E-state index contributed by atoms with van der Waals surface area (Å²) in [5.74, 6) is 0.381. The van der Waals surface area contributed by atoms with Crippen molar-refractivity contribution in [2.75, 3.05) is 30.8 Å². The van der Waals surface area contributed by atoms with Crippen LogP contribution in [0.25, 0.3) is 0 Å². The number of benzene rings is 2. The summed E-state index contributed by atoms with van der Waals surface area (Å²) in [7, 11) is -3.24. The summed E-state index contributed by atoms with van der Waals surface area (Å²) in [6, 6.07) is 10.5. The molecule has 0 aliphatic heterocycles. The molecule has 0 amide bonds. The van der Waals surface area contributed by atoms with E-state index in [1.165, 1.54) is 6.26 Å². The number of aryl methyl sites for hydroxylation is 1. The molecule has 2 aromatic rings. The normalized spacial score (nSPS) is 11.6. The molecular weight excluding hydrogens is 542 g/mol. The van der Waals surface area contributed by atoms with Crippen molar-refractivity contribution in [2.24, 2.45) is 4.99 Å². The summed E-state index contributed by atoms with van der Waals surface area (Å²) < 4.78 is 38.1. The quantitative estimate of drug-likeness (QED) is 0.265. The molecule has 0 bridgehead atoms. The standard InChI is InChI=1S/C23H33FN4O2S.HI/c1-6-25-23(26-15-18-10-12-22(17(4)13-18)31(5,29)30)27-16-19-9-11-21(20(24)14-19)28(7-2)8-3;/h9-14H,6-8,15-16H2,1-5H3,(H2,25,26,27);1H. The van der Waals surface area contributed by atoms with Crippen LogP contribution in [0.1, 0.15) is 37.5 Å². The number of anilines is 1. The number of hydrogen-bond donors (Lipinski definition) is 2. The Morgan fingerprint density at radius 2 is 1.69 bits per heavy atom. The van der Waals surface area contributed by atoms with Gasteiger partial charge in [-0.05, 0) is 62.6 Å². The second-order valence-corrected chi connectivity index (χ2v) is 9.36. The Balaban J connectivity index is 0.00000512. The SMILES string of the molecule is CCNC(=NCc1ccc(S(C)(=O)=O)c(C)c1)NCc1ccc(N(CC)CC)c(F)c1.I. The molecule has 178 valence electrons. The Bertz CT molecular complexity index is 1020. The van der Waals surface area contributed by atoms with Crippen molar-refractivity contribution in [1.82, 2.24) is 10.6 Å². The number of nitrogens with zero attached hydrogens (tertiary/aromatic N) is 2. The maximum absolute atomic E-state index is 14.5. The average Bonchev–Trinajstić information content (AvgIpc) is 2.71. The van der Waals surface area contributed by atoms with E-state index in [1.54, 1.807) is 25.1 Å². The zero-order valence-electron chi connectivity index (χ0n) is 19.4. The zero-order chi connectivity index (χ0) is 23.0. The Kier molecular flexibility index (Phi) is 11.4. The zero-order valence-corrected chi connectivity index (χ0v) is 22.6. The minimum absolute atomic E-state index is 0. The highest BCUT2D eigenvalue weighted by atomic mass is 127. The van der Waals surface area contributed by atoms with Gasteiger partial charge in [0.15, 0.2) is 15.8 Å². The van der Waals surface area contributed by atoms with Gasteiger partial charge in [-0.2, -0.15) is 0 Å². The van der Waals surface area contributed by atoms with Crippen molar-refractivity contribution in [3.63, 3.8) is 0 Å². The molecule has 0 heterocycles. The van der Waals surface area contributed by atoms with Gasteiger partial charge in [-0.3, -0.25) is 0 Å². The second kappa shape index (κ2) is 13.0. The van der Waals surface area contributed by atoms with Crippen molar-refractivity contribution in [1.29, 1.82) is 0 Å². The molecule has 6 nitrogen and oxygen atoms in total. The van der Waals surface area contributed by atoms with Crippen molar-refractivity contribution in [3.05, 3.63) is 58.9 Å². The van der Waals surface area contributed by atoms with Gasteiger partial charge in [0, 0.05) is 32.4 Å². The largest absolute Gasteiger partial charge is 0.370 e. The first-order chi connectivity index (χ1) is 14.7. The van der Waals surface area contributed by atoms with E-state index in [4.69, 9.17) is 0 Å². The van der Waals surface area contributed by atoms with Crippen molar-refractivity contribution in [2.45, 2.75) is 45.7 Å². The third-order valence-corrected chi connectivity index (χ3v) is 6.24. The fourth-order valence-electron chi connectivity index (χ4n) is 3.40. The molecule has 2 rings (SSSR count). The van der Waals surface area contributed by atoms with E-state index in [1.807, 2.05) is 43.9 Å². The number of sulfone groups is 1. The summed E-state index contributed by atoms with van der Waals surface area (Å²) in [5, 5.41) is 6.40. The number of aliphatic imine (C=N–C) groups is 1. The maximum atomic E-state index is 14.5. The molecule has 0 saturated carbocycles. The third kappa shape index (κ3) is 7.91. The lowest BCUT2D eigenvalue weighted by atomic mass is 10.1. The minimum atomic E-state index is -3.24. The van der Waals surface area contributed by atoms with Gasteiger partial charge < -0.3 is 15.5 Å². The molecule has 0 aliphatic rings. The fourth-order valence-corrected chi connectivity index (χ4v) is 4.36. The first-order valence-electron chi connectivity index (χ1n) is 10.5. The number of halogens is 2. The molecule has 0 aromatic heterocycles. The molecule has 0 saturated heterocycles. The minimum Gasteiger partial charge on any atom is -0.370 e. The summed E-state index contributed by atoms with van der Waals surface area (Å²) in [5.41, 5.74) is 3.06. The van der Waals surface area contributed by atoms with Crippen LogP contribution in [-0.4, -0.2) is 40.3 Å². The van der Waals surface area contributed by atoms with Crippen LogP contribution in [0.4, 0.5) is 10.1 Å². The van der Waals surface area contributed by atoms with Gasteiger partial charge in [0.2, 0.25) is 0 Å². The van der Waals surface area contributed by atoms with E-state index in [-0.39, 0.29) is 29.8 Å². The van der Waals surface area contributed by atoms with Crippen molar-refractivity contribution in [3.8, 4) is 0 Å². The maximum Gasteiger partial charge on any atom is 0.191 e. The number of rotatable bonds is 9. The van der Waals surface area contributed by atoms with Gasteiger partial charge in [0.25, 0.3) is 0 Å². The van der Waals surface area contributed by atoms with Gasteiger partial charge in [-0.1, -0.05) is 18.2 Å². The molecule has 32 heavy (non-hydrogen) atoms. The van der Waals surface area contributed by atoms with Crippen LogP contribution in [0, 0.1) is 12.7 Å². The lowest BCUT2D eigenvalue weighted by Crippen LogP contribution is -2.36. The van der Waals surface area contributed by atoms with Crippen LogP contribution in [0.3, 0.4) is 0 Å². The molecule has 2 aromatic carbocycles. The number of hydrogen-bond acceptors (Lipinski definition) is 4. The van der Waals surface area contributed by atoms with E-state index in [0.717, 1.165) is 24.2 Å². The summed E-state index contributed by atoms with van der Waals surface area (Å²) in [6.45, 7) is 10.8. The van der Waals surface area contributed by atoms with Crippen molar-refractivity contribution >= 4 is 45.5 Å². The first kappa shape index (κ1) is 28.2. The van der Waals surface area contributed by atoms with Crippen LogP contribution in [-0.2, 0) is 22.9 Å². The van der Waals surface area contributed by atoms with Gasteiger partial charge in [-0.25, -0.2) is 17.8 Å². The predicted molar refractivity (Wildman–Crippen MR) is 141 cm³/mol. The van der Waals surface area contributed by atoms with Gasteiger partial charge in [-0.15, -0.1) is 24.0 Å². The predicted octanol–water partition coefficient (Wildman–Crippen LogP) is 4.26. The smallest absolute Gasteiger partial charge is 0.191 e. The molecule has 0 atom stereocenters. The molecule has 0 unspecified atom stereocenters. The van der Waals surface area contributed by atoms with Crippen molar-refractivity contribution < 1.29 is 12.8 Å². The Labute approximate surface area is 208 Å². The first-order valence-corrected chi connectivity index (χ1v) is 12.4. The van der Waals surface area contributed by atoms with E-state index >= 15 is 0 Å². The second-order valence-electron chi connectivity index (χ2n) is 7.38. The van der Waals surface area contributed by atoms with E-state index in [0.29, 0.717) is 41.7 Å². The highest BCUT2D eigenvalue weighted by Crippen LogP contribution is 2.20. The fraction of sp³-hybridized carbons (Fsp3) is 0.435. The monoisotopic (exact) mass is 576 g/mol. The Morgan fingerprint density at radius 3 is 2.22 bits per heavy atom. The lowest BCUT2D eigenvalue weighted by molar-refractivity contribution is 0.601. The van der Waals surface area contributed by atoms with E-state index in [9.17, 15) is 12.8 Å². The Morgan fingerprint density at radius 1 is 1.03 bits per heavy atom. The van der Waals surface area contributed by atoms with Crippen LogP contribution >= 0.6 is 24.0 Å². The van der Waals surface area contributed by atoms with Crippen LogP contribution in [0.2, 0.25) is 0 Å². The molecule has 0 aliphatic carbocycles. The van der Waals surface area contributed by atoms with Gasteiger partial charge >= 0.3 is 0 Å². The number of nitrogens with one attached hydrogen (secondary N) is 2. The molecule has 2 N–H and O–H groups in total. The molecule has 0 fully saturated rings. The topological polar surface area (TPSA) is 73.8 Å². The lowest BCUT2D eigenvalue weighted by Gasteiger charge is -2.22. The molecular formula is C23H34FIN4O2S. The molecule has 9 heteroatoms. The average molecular weight is 577 g/mol. The summed E-state index contributed by atoms with van der Waals surface area (Å²) >= 11 is 0. The highest BCUT2D eigenvalue weighted by molar-refractivity contribution is 14.0. The van der Waals surface area contributed by atoms with Gasteiger partial charge in [0.1, 0.15) is 5.82 Å². The summed E-state index contributed by atoms with van der Waals surface area (Å²) in [6.07, 6.45) is 1.21. The van der Waals surface area contributed by atoms with E-state index in [2.05, 4.69) is 15.6 Å². The van der Waals surface area contributed by atoms with Crippen LogP contribution < -0.4 is 15.5 Å². The third-order valence-electron chi connectivity index (χ3n) is 4.98. The Hall–Kier alpha value is -1.88. The van der Waals surface area contributed by atoms with Crippen LogP contribution in [0.15, 0.2) is 46.3 Å². The van der Waals surface area contributed by atoms with E-state index < -0.39 is 9.84 Å². The summed E-state index contributed by atoms with van der Waals surface area (Å²) in [4.78, 5) is 6.88. The highest BCUT2D eigenvalue weighted by Gasteiger charge is 2.11.